The van der Waals surface area contributed by atoms with Gasteiger partial charge in [0.25, 0.3) is 0 Å². The number of hydrogen-bond donors (Lipinski definition) is 2. The number of methoxy groups -OCH3 is 1. The van der Waals surface area contributed by atoms with Crippen LogP contribution in [0, 0.1) is 35.5 Å². The zero-order chi connectivity index (χ0) is 42.2. The zero-order valence-corrected chi connectivity index (χ0v) is 35.4. The van der Waals surface area contributed by atoms with Gasteiger partial charge in [0.05, 0.1) is 35.5 Å². The van der Waals surface area contributed by atoms with E-state index in [1.54, 1.807) is 45.4 Å². The fourth-order valence-electron chi connectivity index (χ4n) is 8.59. The molecule has 4 heterocycles. The Kier molecular flexibility index (Phi) is 15.9. The summed E-state index contributed by atoms with van der Waals surface area (Å²) in [5.74, 6) is 3.42. The molecule has 3 fully saturated rings. The van der Waals surface area contributed by atoms with Crippen LogP contribution in [0.1, 0.15) is 80.2 Å². The molecule has 0 aliphatic carbocycles. The second-order valence-electron chi connectivity index (χ2n) is 16.2. The monoisotopic (exact) mass is 800 g/mol. The highest BCUT2D eigenvalue weighted by Gasteiger charge is 2.59. The van der Waals surface area contributed by atoms with Gasteiger partial charge in [0.15, 0.2) is 18.0 Å². The molecule has 0 amide bonds. The van der Waals surface area contributed by atoms with Gasteiger partial charge in [-0.15, -0.1) is 0 Å². The third kappa shape index (κ3) is 10.6. The lowest BCUT2D eigenvalue weighted by molar-refractivity contribution is -0.302. The lowest BCUT2D eigenvalue weighted by Gasteiger charge is -2.48. The van der Waals surface area contributed by atoms with Crippen molar-refractivity contribution in [2.45, 2.75) is 135 Å². The standard InChI is InChI=1S/C42H64N4O11/c1-13-19-52-45-33-24(3)22-41(8,50-12)36(55-39-34(47)30(46(10)11)21-25(4)53-39)27(6)35(51-20-15-16-29-17-18-32(43)44-23-29)28(7)38(48)54-31(14-2)42(9)37(26(33)5)56-40(49)57-42/h13,17-18,23-28,30-31,34-37,39,47H,1,14,19-22H2,2-12H3,(H2,43,44)/b45-33+/t24-,25-,26+,27+,28-,30+,31-,34-,35+,36-,37-,39+,41-,42-/m1/s1. The number of fused-ring (bicyclic) bond motifs is 1. The number of aliphatic hydroxyl groups excluding tert-OH is 1. The summed E-state index contributed by atoms with van der Waals surface area (Å²) in [5.41, 5.74) is 4.44. The van der Waals surface area contributed by atoms with Gasteiger partial charge in [-0.2, -0.15) is 0 Å². The third-order valence-corrected chi connectivity index (χ3v) is 11.7. The van der Waals surface area contributed by atoms with Gasteiger partial charge in [-0.25, -0.2) is 9.78 Å². The molecule has 1 aromatic heterocycles. The SMILES string of the molecule is C=CCO/N=C1\[C@H](C)C[C@@](C)(OC)[C@H](O[C@@H]2O[C@H](C)C[C@H](N(C)C)[C@H]2O)[C@@H](C)[C@H](OCC#Cc2ccc(N)nc2)[C@@H](C)C(=O)O[C@H](CC)[C@@]2(C)OC(=O)O[C@@H]2[C@H]1C. The summed E-state index contributed by atoms with van der Waals surface area (Å²) in [7, 11) is 5.40. The summed E-state index contributed by atoms with van der Waals surface area (Å²) in [6.07, 6.45) is -2.36. The number of nitrogen functional groups attached to an aromatic ring is 1. The summed E-state index contributed by atoms with van der Waals surface area (Å²) in [6.45, 7) is 18.7. The summed E-state index contributed by atoms with van der Waals surface area (Å²) >= 11 is 0. The maximum absolute atomic E-state index is 14.4. The van der Waals surface area contributed by atoms with Crippen LogP contribution in [-0.2, 0) is 42.8 Å². The number of esters is 1. The highest BCUT2D eigenvalue weighted by atomic mass is 16.8. The van der Waals surface area contributed by atoms with E-state index in [1.165, 1.54) is 0 Å². The largest absolute Gasteiger partial charge is 0.509 e. The quantitative estimate of drug-likeness (QED) is 0.109. The molecule has 0 unspecified atom stereocenters. The molecular weight excluding hydrogens is 736 g/mol. The molecule has 57 heavy (non-hydrogen) atoms. The number of ether oxygens (including phenoxy) is 7. The first-order valence-corrected chi connectivity index (χ1v) is 19.8. The Morgan fingerprint density at radius 3 is 2.47 bits per heavy atom. The molecule has 3 saturated heterocycles. The number of aromatic nitrogens is 1. The van der Waals surface area contributed by atoms with Gasteiger partial charge in [-0.05, 0) is 73.2 Å². The number of likely N-dealkylation sites (N-methyl/N-ethyl adjacent to an activating group) is 1. The normalized spacial score (nSPS) is 38.5. The number of nitrogens with zero attached hydrogens (tertiary/aromatic N) is 3. The van der Waals surface area contributed by atoms with Crippen molar-refractivity contribution in [2.75, 3.05) is 40.2 Å². The number of oxime groups is 1. The van der Waals surface area contributed by atoms with Crippen LogP contribution in [0.5, 0.6) is 0 Å². The summed E-state index contributed by atoms with van der Waals surface area (Å²) in [4.78, 5) is 39.1. The Labute approximate surface area is 337 Å². The number of carbonyl (C=O) groups is 2. The minimum absolute atomic E-state index is 0.0659. The molecule has 0 saturated carbocycles. The van der Waals surface area contributed by atoms with Crippen LogP contribution < -0.4 is 5.73 Å². The Morgan fingerprint density at radius 2 is 1.86 bits per heavy atom. The molecular formula is C42H64N4O11. The van der Waals surface area contributed by atoms with E-state index in [0.717, 1.165) is 0 Å². The van der Waals surface area contributed by atoms with E-state index in [4.69, 9.17) is 43.7 Å². The maximum Gasteiger partial charge on any atom is 0.509 e. The Hall–Kier alpha value is -3.78. The molecule has 0 bridgehead atoms. The van der Waals surface area contributed by atoms with Crippen molar-refractivity contribution in [3.05, 3.63) is 36.5 Å². The van der Waals surface area contributed by atoms with Crippen LogP contribution in [0.15, 0.2) is 36.1 Å². The lowest BCUT2D eigenvalue weighted by Crippen LogP contribution is -2.60. The predicted molar refractivity (Wildman–Crippen MR) is 213 cm³/mol. The average Bonchev–Trinajstić information content (AvgIpc) is 3.48. The fourth-order valence-corrected chi connectivity index (χ4v) is 8.59. The van der Waals surface area contributed by atoms with Crippen molar-refractivity contribution >= 4 is 23.7 Å². The molecule has 14 atom stereocenters. The van der Waals surface area contributed by atoms with E-state index < -0.39 is 77.9 Å². The van der Waals surface area contributed by atoms with Crippen LogP contribution >= 0.6 is 0 Å². The molecule has 3 N–H and O–H groups in total. The molecule has 3 aliphatic rings. The average molecular weight is 801 g/mol. The van der Waals surface area contributed by atoms with Gasteiger partial charge in [0, 0.05) is 42.7 Å². The topological polar surface area (TPSA) is 183 Å². The van der Waals surface area contributed by atoms with E-state index in [2.05, 4.69) is 28.6 Å². The van der Waals surface area contributed by atoms with Gasteiger partial charge in [0.2, 0.25) is 0 Å². The van der Waals surface area contributed by atoms with Crippen molar-refractivity contribution in [3.8, 4) is 11.8 Å². The van der Waals surface area contributed by atoms with E-state index in [-0.39, 0.29) is 31.3 Å². The molecule has 15 heteroatoms. The van der Waals surface area contributed by atoms with E-state index >= 15 is 0 Å². The Balaban J connectivity index is 1.88. The van der Waals surface area contributed by atoms with E-state index in [9.17, 15) is 14.7 Å². The summed E-state index contributed by atoms with van der Waals surface area (Å²) in [5, 5.41) is 16.3. The molecule has 0 spiro atoms. The number of rotatable bonds is 10. The molecule has 1 aromatic rings. The van der Waals surface area contributed by atoms with Gasteiger partial charge in [-0.3, -0.25) is 4.79 Å². The highest BCUT2D eigenvalue weighted by molar-refractivity contribution is 5.89. The third-order valence-electron chi connectivity index (χ3n) is 11.7. The number of anilines is 1. The van der Waals surface area contributed by atoms with Gasteiger partial charge < -0.3 is 53.7 Å². The minimum atomic E-state index is -1.38. The van der Waals surface area contributed by atoms with E-state index in [0.29, 0.717) is 36.4 Å². The first-order valence-electron chi connectivity index (χ1n) is 19.8. The fraction of sp³-hybridized carbons (Fsp3) is 0.714. The summed E-state index contributed by atoms with van der Waals surface area (Å²) < 4.78 is 44.2. The number of nitrogens with two attached hydrogens (primary N) is 1. The second kappa shape index (κ2) is 19.8. The zero-order valence-electron chi connectivity index (χ0n) is 35.4. The van der Waals surface area contributed by atoms with Crippen LogP contribution in [0.3, 0.4) is 0 Å². The van der Waals surface area contributed by atoms with Crippen molar-refractivity contribution < 1.29 is 52.7 Å². The highest BCUT2D eigenvalue weighted by Crippen LogP contribution is 2.43. The van der Waals surface area contributed by atoms with Gasteiger partial charge >= 0.3 is 12.1 Å². The van der Waals surface area contributed by atoms with Crippen LogP contribution in [0.4, 0.5) is 10.6 Å². The Bertz CT molecular complexity index is 1610. The van der Waals surface area contributed by atoms with Crippen molar-refractivity contribution in [2.24, 2.45) is 28.8 Å². The first-order chi connectivity index (χ1) is 26.9. The smallest absolute Gasteiger partial charge is 0.458 e. The molecule has 15 nitrogen and oxygen atoms in total. The number of pyridine rings is 1. The lowest BCUT2D eigenvalue weighted by atomic mass is 9.73. The minimum Gasteiger partial charge on any atom is -0.458 e. The van der Waals surface area contributed by atoms with Crippen molar-refractivity contribution in [3.63, 3.8) is 0 Å². The van der Waals surface area contributed by atoms with Crippen LogP contribution in [0.25, 0.3) is 0 Å². The van der Waals surface area contributed by atoms with Crippen molar-refractivity contribution in [1.29, 1.82) is 0 Å². The van der Waals surface area contributed by atoms with Crippen LogP contribution in [0.2, 0.25) is 0 Å². The van der Waals surface area contributed by atoms with E-state index in [1.807, 2.05) is 60.5 Å². The molecule has 0 radical (unpaired) electrons. The second-order valence-corrected chi connectivity index (χ2v) is 16.2. The number of hydrogen-bond acceptors (Lipinski definition) is 15. The predicted octanol–water partition coefficient (Wildman–Crippen LogP) is 4.74. The summed E-state index contributed by atoms with van der Waals surface area (Å²) in [6, 6.07) is 3.16. The number of cyclic esters (lactones) is 1. The number of carbonyl (C=O) groups excluding carboxylic acids is 2. The number of aliphatic hydroxyl groups is 1. The van der Waals surface area contributed by atoms with Gasteiger partial charge in [-0.1, -0.05) is 57.3 Å². The maximum atomic E-state index is 14.4. The molecule has 4 rings (SSSR count). The Morgan fingerprint density at radius 1 is 1.14 bits per heavy atom. The van der Waals surface area contributed by atoms with Gasteiger partial charge in [0.1, 0.15) is 31.2 Å². The first kappa shape index (κ1) is 45.9. The van der Waals surface area contributed by atoms with Crippen molar-refractivity contribution in [1.82, 2.24) is 9.88 Å². The molecule has 0 aromatic carbocycles. The molecule has 318 valence electrons. The van der Waals surface area contributed by atoms with Crippen LogP contribution in [-0.4, -0.2) is 127 Å². The molecule has 3 aliphatic heterocycles.